The Kier molecular flexibility index (Phi) is 5.29. The van der Waals surface area contributed by atoms with E-state index in [2.05, 4.69) is 180 Å². The highest BCUT2D eigenvalue weighted by Crippen LogP contribution is 2.44. The fourth-order valence-electron chi connectivity index (χ4n) is 9.21. The van der Waals surface area contributed by atoms with Crippen molar-refractivity contribution >= 4 is 86.4 Å². The maximum atomic E-state index is 2.47. The quantitative estimate of drug-likeness (QED) is 0.169. The van der Waals surface area contributed by atoms with Gasteiger partial charge in [-0.15, -0.1) is 0 Å². The molecular weight excluding hydrogens is 615 g/mol. The van der Waals surface area contributed by atoms with Crippen molar-refractivity contribution < 1.29 is 0 Å². The molecule has 12 aromatic rings. The molecule has 0 radical (unpaired) electrons. The number of hydrogen-bond donors (Lipinski definition) is 0. The predicted molar refractivity (Wildman–Crippen MR) is 219 cm³/mol. The monoisotopic (exact) mass is 643 g/mol. The molecule has 1 nitrogen and oxygen atoms in total. The lowest BCUT2D eigenvalue weighted by Gasteiger charge is -2.16. The van der Waals surface area contributed by atoms with Crippen LogP contribution >= 0.6 is 0 Å². The molecule has 0 bridgehead atoms. The van der Waals surface area contributed by atoms with E-state index in [0.717, 1.165) is 5.69 Å². The summed E-state index contributed by atoms with van der Waals surface area (Å²) in [6.07, 6.45) is 0. The summed E-state index contributed by atoms with van der Waals surface area (Å²) in [4.78, 5) is 0. The van der Waals surface area contributed by atoms with Gasteiger partial charge in [0, 0.05) is 16.5 Å². The molecule has 12 rings (SSSR count). The van der Waals surface area contributed by atoms with Crippen molar-refractivity contribution in [2.45, 2.75) is 0 Å². The average Bonchev–Trinajstić information content (AvgIpc) is 3.52. The topological polar surface area (TPSA) is 4.93 Å². The van der Waals surface area contributed by atoms with Crippen LogP contribution in [0.2, 0.25) is 0 Å². The standard InChI is InChI=1S/C50H29N/c1-2-14-38(15-3-1)51-45-28-34(43-26-36-12-4-8-30-18-20-32-10-6-16-41(43)49(32)47(30)36)22-24-39(45)40-25-23-35(29-46(40)51)44-27-37-13-5-9-31-19-21-33-11-7-17-42(44)50(33)48(31)37/h1-29H. The maximum absolute atomic E-state index is 2.47. The van der Waals surface area contributed by atoms with Crippen LogP contribution in [-0.2, 0) is 0 Å². The first-order chi connectivity index (χ1) is 25.3. The summed E-state index contributed by atoms with van der Waals surface area (Å²) >= 11 is 0. The fraction of sp³-hybridized carbons (Fsp3) is 0. The normalized spacial score (nSPS) is 12.3. The van der Waals surface area contributed by atoms with Gasteiger partial charge in [0.25, 0.3) is 0 Å². The molecule has 1 heterocycles. The van der Waals surface area contributed by atoms with Crippen molar-refractivity contribution in [3.05, 3.63) is 176 Å². The Hall–Kier alpha value is -6.70. The van der Waals surface area contributed by atoms with Gasteiger partial charge in [-0.05, 0) is 123 Å². The molecule has 0 atom stereocenters. The molecule has 1 heteroatoms. The van der Waals surface area contributed by atoms with E-state index in [1.54, 1.807) is 0 Å². The number of fused-ring (bicyclic) bond motifs is 3. The molecule has 11 aromatic carbocycles. The summed E-state index contributed by atoms with van der Waals surface area (Å²) in [6.45, 7) is 0. The second kappa shape index (κ2) is 9.94. The van der Waals surface area contributed by atoms with Crippen LogP contribution in [0, 0.1) is 0 Å². The van der Waals surface area contributed by atoms with Crippen LogP contribution in [0.1, 0.15) is 0 Å². The third-order valence-corrected chi connectivity index (χ3v) is 11.4. The summed E-state index contributed by atoms with van der Waals surface area (Å²) in [7, 11) is 0. The second-order valence-electron chi connectivity index (χ2n) is 14.1. The number of rotatable bonds is 3. The Morgan fingerprint density at radius 1 is 0.275 bits per heavy atom. The molecule has 0 saturated heterocycles. The minimum atomic E-state index is 1.16. The summed E-state index contributed by atoms with van der Waals surface area (Å²) < 4.78 is 2.47. The van der Waals surface area contributed by atoms with Crippen LogP contribution in [0.3, 0.4) is 0 Å². The Bertz CT molecular complexity index is 3140. The number of benzene rings is 11. The van der Waals surface area contributed by atoms with E-state index < -0.39 is 0 Å². The van der Waals surface area contributed by atoms with Crippen LogP contribution in [0.25, 0.3) is 114 Å². The van der Waals surface area contributed by atoms with Gasteiger partial charge < -0.3 is 4.57 Å². The van der Waals surface area contributed by atoms with E-state index in [-0.39, 0.29) is 0 Å². The molecule has 0 amide bonds. The number of hydrogen-bond acceptors (Lipinski definition) is 0. The molecule has 0 aliphatic rings. The molecule has 0 spiro atoms. The van der Waals surface area contributed by atoms with Gasteiger partial charge in [-0.2, -0.15) is 0 Å². The van der Waals surface area contributed by atoms with E-state index in [9.17, 15) is 0 Å². The van der Waals surface area contributed by atoms with E-state index in [1.165, 1.54) is 109 Å². The van der Waals surface area contributed by atoms with Crippen molar-refractivity contribution in [2.75, 3.05) is 0 Å². The van der Waals surface area contributed by atoms with Crippen LogP contribution in [-0.4, -0.2) is 4.57 Å². The Morgan fingerprint density at radius 3 is 1.20 bits per heavy atom. The van der Waals surface area contributed by atoms with Crippen molar-refractivity contribution in [1.29, 1.82) is 0 Å². The lowest BCUT2D eigenvalue weighted by Crippen LogP contribution is -1.94. The zero-order valence-corrected chi connectivity index (χ0v) is 27.7. The molecule has 0 N–H and O–H groups in total. The maximum Gasteiger partial charge on any atom is 0.0547 e. The van der Waals surface area contributed by atoms with E-state index in [4.69, 9.17) is 0 Å². The fourth-order valence-corrected chi connectivity index (χ4v) is 9.21. The van der Waals surface area contributed by atoms with Crippen LogP contribution in [0.15, 0.2) is 176 Å². The largest absolute Gasteiger partial charge is 0.309 e. The molecule has 0 aliphatic carbocycles. The van der Waals surface area contributed by atoms with E-state index in [0.29, 0.717) is 0 Å². The lowest BCUT2D eigenvalue weighted by molar-refractivity contribution is 1.18. The van der Waals surface area contributed by atoms with Gasteiger partial charge in [0.1, 0.15) is 0 Å². The van der Waals surface area contributed by atoms with Gasteiger partial charge in [-0.3, -0.25) is 0 Å². The molecule has 0 aliphatic heterocycles. The van der Waals surface area contributed by atoms with Crippen LogP contribution in [0.4, 0.5) is 0 Å². The third kappa shape index (κ3) is 3.70. The molecule has 0 saturated carbocycles. The second-order valence-corrected chi connectivity index (χ2v) is 14.1. The summed E-state index contributed by atoms with van der Waals surface area (Å²) in [5.74, 6) is 0. The minimum absolute atomic E-state index is 1.16. The van der Waals surface area contributed by atoms with Gasteiger partial charge in [0.2, 0.25) is 0 Å². The SMILES string of the molecule is c1ccc(-n2c3cc(-c4cc5cccc6ccc7cccc4c7c65)ccc3c3ccc(-c4cc5cccc6ccc7cccc4c7c65)cc32)cc1. The van der Waals surface area contributed by atoms with E-state index in [1.807, 2.05) is 0 Å². The first-order valence-electron chi connectivity index (χ1n) is 17.8. The lowest BCUT2D eigenvalue weighted by atomic mass is 9.88. The third-order valence-electron chi connectivity index (χ3n) is 11.4. The molecule has 51 heavy (non-hydrogen) atoms. The average molecular weight is 644 g/mol. The van der Waals surface area contributed by atoms with E-state index >= 15 is 0 Å². The summed E-state index contributed by atoms with van der Waals surface area (Å²) in [5, 5.41) is 18.3. The van der Waals surface area contributed by atoms with Gasteiger partial charge in [-0.1, -0.05) is 140 Å². The first kappa shape index (κ1) is 27.2. The van der Waals surface area contributed by atoms with Crippen LogP contribution in [0.5, 0.6) is 0 Å². The highest BCUT2D eigenvalue weighted by molar-refractivity contribution is 6.28. The number of nitrogens with zero attached hydrogens (tertiary/aromatic N) is 1. The Labute approximate surface area is 293 Å². The summed E-state index contributed by atoms with van der Waals surface area (Å²) in [5.41, 5.74) is 8.59. The smallest absolute Gasteiger partial charge is 0.0547 e. The Morgan fingerprint density at radius 2 is 0.706 bits per heavy atom. The van der Waals surface area contributed by atoms with Gasteiger partial charge in [-0.25, -0.2) is 0 Å². The van der Waals surface area contributed by atoms with Gasteiger partial charge in [0.15, 0.2) is 0 Å². The Balaban J connectivity index is 1.15. The van der Waals surface area contributed by atoms with Gasteiger partial charge in [0.05, 0.1) is 11.0 Å². The molecule has 0 fully saturated rings. The van der Waals surface area contributed by atoms with Crippen LogP contribution < -0.4 is 0 Å². The molecular formula is C50H29N. The first-order valence-corrected chi connectivity index (χ1v) is 17.8. The number of para-hydroxylation sites is 1. The molecule has 234 valence electrons. The number of aromatic nitrogens is 1. The zero-order valence-electron chi connectivity index (χ0n) is 27.7. The van der Waals surface area contributed by atoms with Gasteiger partial charge >= 0.3 is 0 Å². The molecule has 1 aromatic heterocycles. The highest BCUT2D eigenvalue weighted by atomic mass is 15.0. The molecule has 0 unspecified atom stereocenters. The summed E-state index contributed by atoms with van der Waals surface area (Å²) in [6, 6.07) is 65.7. The minimum Gasteiger partial charge on any atom is -0.309 e. The van der Waals surface area contributed by atoms with Crippen molar-refractivity contribution in [3.8, 4) is 27.9 Å². The highest BCUT2D eigenvalue weighted by Gasteiger charge is 2.19. The zero-order chi connectivity index (χ0) is 33.2. The van der Waals surface area contributed by atoms with Crippen molar-refractivity contribution in [2.24, 2.45) is 0 Å². The van der Waals surface area contributed by atoms with Crippen molar-refractivity contribution in [3.63, 3.8) is 0 Å². The van der Waals surface area contributed by atoms with Crippen molar-refractivity contribution in [1.82, 2.24) is 4.57 Å². The predicted octanol–water partition coefficient (Wildman–Crippen LogP) is 13.9.